The Morgan fingerprint density at radius 2 is 1.54 bits per heavy atom. The number of carbonyl (C=O) groups excluding carboxylic acids is 2. The molecule has 3 rings (SSSR count). The molecule has 0 heterocycles. The van der Waals surface area contributed by atoms with Crippen LogP contribution in [0.5, 0.6) is 0 Å². The van der Waals surface area contributed by atoms with Crippen molar-refractivity contribution < 1.29 is 22.4 Å². The van der Waals surface area contributed by atoms with Crippen molar-refractivity contribution in [1.82, 2.24) is 10.2 Å². The molecule has 3 aromatic carbocycles. The van der Waals surface area contributed by atoms with E-state index in [0.29, 0.717) is 18.5 Å². The Labute approximate surface area is 238 Å². The van der Waals surface area contributed by atoms with E-state index in [1.807, 2.05) is 6.92 Å². The first-order valence-electron chi connectivity index (χ1n) is 12.4. The minimum Gasteiger partial charge on any atom is -0.354 e. The van der Waals surface area contributed by atoms with Crippen molar-refractivity contribution in [1.29, 1.82) is 0 Å². The number of sulfonamides is 1. The molecule has 7 nitrogen and oxygen atoms in total. The first-order chi connectivity index (χ1) is 18.6. The number of amides is 2. The Bertz CT molecular complexity index is 1390. The molecule has 11 heteroatoms. The number of anilines is 1. The smallest absolute Gasteiger partial charge is 0.264 e. The van der Waals surface area contributed by atoms with E-state index >= 15 is 0 Å². The van der Waals surface area contributed by atoms with Gasteiger partial charge in [-0.05, 0) is 49.2 Å². The number of para-hydroxylation sites is 1. The lowest BCUT2D eigenvalue weighted by Gasteiger charge is -2.33. The van der Waals surface area contributed by atoms with Crippen LogP contribution in [-0.2, 0) is 26.2 Å². The first kappa shape index (κ1) is 30.4. The number of nitrogens with one attached hydrogen (secondary N) is 1. The van der Waals surface area contributed by atoms with Crippen LogP contribution >= 0.6 is 23.2 Å². The van der Waals surface area contributed by atoms with Gasteiger partial charge in [-0.25, -0.2) is 12.8 Å². The van der Waals surface area contributed by atoms with Gasteiger partial charge in [0.05, 0.1) is 10.6 Å². The molecule has 0 fully saturated rings. The highest BCUT2D eigenvalue weighted by atomic mass is 35.5. The van der Waals surface area contributed by atoms with Crippen LogP contribution in [0.25, 0.3) is 0 Å². The van der Waals surface area contributed by atoms with Crippen LogP contribution < -0.4 is 9.62 Å². The third-order valence-corrected chi connectivity index (χ3v) is 8.54. The second-order valence-corrected chi connectivity index (χ2v) is 11.4. The fourth-order valence-corrected chi connectivity index (χ4v) is 5.99. The lowest BCUT2D eigenvalue weighted by Crippen LogP contribution is -2.52. The number of hydrogen-bond donors (Lipinski definition) is 1. The van der Waals surface area contributed by atoms with Gasteiger partial charge in [-0.15, -0.1) is 0 Å². The van der Waals surface area contributed by atoms with Gasteiger partial charge in [0.15, 0.2) is 0 Å². The minimum absolute atomic E-state index is 0.116. The van der Waals surface area contributed by atoms with Crippen molar-refractivity contribution in [2.24, 2.45) is 0 Å². The van der Waals surface area contributed by atoms with Gasteiger partial charge in [0.1, 0.15) is 18.4 Å². The fourth-order valence-electron chi connectivity index (χ4n) is 4.03. The van der Waals surface area contributed by atoms with E-state index in [0.717, 1.165) is 10.4 Å². The summed E-state index contributed by atoms with van der Waals surface area (Å²) in [6.45, 7) is 3.10. The zero-order valence-electron chi connectivity index (χ0n) is 21.6. The van der Waals surface area contributed by atoms with Crippen LogP contribution in [-0.4, -0.2) is 44.3 Å². The number of hydrogen-bond acceptors (Lipinski definition) is 4. The van der Waals surface area contributed by atoms with Crippen LogP contribution in [0.1, 0.15) is 32.3 Å². The molecule has 0 radical (unpaired) electrons. The number of benzene rings is 3. The number of nitrogens with zero attached hydrogens (tertiary/aromatic N) is 2. The molecule has 0 aliphatic rings. The van der Waals surface area contributed by atoms with E-state index in [2.05, 4.69) is 5.32 Å². The zero-order chi connectivity index (χ0) is 28.6. The Kier molecular flexibility index (Phi) is 10.7. The van der Waals surface area contributed by atoms with E-state index in [1.54, 1.807) is 31.2 Å². The number of halogens is 3. The van der Waals surface area contributed by atoms with Gasteiger partial charge in [0, 0.05) is 28.7 Å². The molecule has 208 valence electrons. The first-order valence-corrected chi connectivity index (χ1v) is 14.6. The fraction of sp³-hybridized carbons (Fsp3) is 0.286. The highest BCUT2D eigenvalue weighted by Gasteiger charge is 2.35. The highest BCUT2D eigenvalue weighted by Crippen LogP contribution is 2.29. The Hall–Kier alpha value is -3.14. The molecule has 2 amide bonds. The predicted octanol–water partition coefficient (Wildman–Crippen LogP) is 5.66. The van der Waals surface area contributed by atoms with Gasteiger partial charge in [-0.1, -0.05) is 73.4 Å². The topological polar surface area (TPSA) is 86.8 Å². The maximum atomic E-state index is 15.0. The van der Waals surface area contributed by atoms with Crippen LogP contribution in [0.2, 0.25) is 10.0 Å². The lowest BCUT2D eigenvalue weighted by molar-refractivity contribution is -0.140. The summed E-state index contributed by atoms with van der Waals surface area (Å²) in [7, 11) is -4.37. The van der Waals surface area contributed by atoms with Gasteiger partial charge in [0.25, 0.3) is 10.0 Å². The summed E-state index contributed by atoms with van der Waals surface area (Å²) < 4.78 is 43.1. The largest absolute Gasteiger partial charge is 0.354 e. The maximum absolute atomic E-state index is 15.0. The molecule has 0 aliphatic heterocycles. The molecule has 0 unspecified atom stereocenters. The molecule has 0 aliphatic carbocycles. The summed E-state index contributed by atoms with van der Waals surface area (Å²) in [5.41, 5.74) is 0.105. The van der Waals surface area contributed by atoms with Crippen LogP contribution in [0.15, 0.2) is 77.7 Å². The summed E-state index contributed by atoms with van der Waals surface area (Å²) >= 11 is 12.8. The summed E-state index contributed by atoms with van der Waals surface area (Å²) in [4.78, 5) is 28.2. The summed E-state index contributed by atoms with van der Waals surface area (Å²) in [6.07, 6.45) is 0.914. The van der Waals surface area contributed by atoms with Crippen LogP contribution in [0.4, 0.5) is 10.1 Å². The average Bonchev–Trinajstić information content (AvgIpc) is 2.92. The predicted molar refractivity (Wildman–Crippen MR) is 152 cm³/mol. The summed E-state index contributed by atoms with van der Waals surface area (Å²) in [6, 6.07) is 16.6. The van der Waals surface area contributed by atoms with Crippen LogP contribution in [0, 0.1) is 5.82 Å². The van der Waals surface area contributed by atoms with E-state index in [4.69, 9.17) is 23.2 Å². The molecular formula is C28H30Cl2FN3O4S. The molecule has 0 saturated heterocycles. The van der Waals surface area contributed by atoms with Crippen LogP contribution in [0.3, 0.4) is 0 Å². The molecule has 1 N–H and O–H groups in total. The zero-order valence-corrected chi connectivity index (χ0v) is 23.9. The molecule has 0 bridgehead atoms. The molecule has 39 heavy (non-hydrogen) atoms. The monoisotopic (exact) mass is 593 g/mol. The van der Waals surface area contributed by atoms with Gasteiger partial charge < -0.3 is 10.2 Å². The normalized spacial score (nSPS) is 12.0. The molecule has 0 spiro atoms. The van der Waals surface area contributed by atoms with E-state index < -0.39 is 40.2 Å². The minimum atomic E-state index is -4.37. The SMILES string of the molecule is CCCNC(=O)[C@@H](CC)N(Cc1c(Cl)cccc1Cl)C(=O)CN(c1ccccc1F)S(=O)(=O)c1ccccc1. The highest BCUT2D eigenvalue weighted by molar-refractivity contribution is 7.92. The van der Waals surface area contributed by atoms with Crippen molar-refractivity contribution in [3.05, 3.63) is 94.2 Å². The molecule has 0 aromatic heterocycles. The Morgan fingerprint density at radius 1 is 0.923 bits per heavy atom. The van der Waals surface area contributed by atoms with Crippen molar-refractivity contribution in [2.45, 2.75) is 44.2 Å². The van der Waals surface area contributed by atoms with Gasteiger partial charge in [0.2, 0.25) is 11.8 Å². The number of carbonyl (C=O) groups is 2. The summed E-state index contributed by atoms with van der Waals surface area (Å²) in [5, 5.41) is 3.36. The van der Waals surface area contributed by atoms with Crippen molar-refractivity contribution in [2.75, 3.05) is 17.4 Å². The van der Waals surface area contributed by atoms with Gasteiger partial charge >= 0.3 is 0 Å². The standard InChI is InChI=1S/C28H30Cl2FN3O4S/c1-3-17-32-28(36)25(4-2)33(18-21-22(29)13-10-14-23(21)30)27(35)19-34(26-16-9-8-15-24(26)31)39(37,38)20-11-6-5-7-12-20/h5-16,25H,3-4,17-19H2,1-2H3,(H,32,36)/t25-/m1/s1. The Balaban J connectivity index is 2.09. The molecular weight excluding hydrogens is 564 g/mol. The summed E-state index contributed by atoms with van der Waals surface area (Å²) in [5.74, 6) is -1.95. The van der Waals surface area contributed by atoms with E-state index in [1.165, 1.54) is 47.4 Å². The second-order valence-electron chi connectivity index (χ2n) is 8.71. The van der Waals surface area contributed by atoms with E-state index in [9.17, 15) is 22.4 Å². The Morgan fingerprint density at radius 3 is 2.13 bits per heavy atom. The third-order valence-electron chi connectivity index (χ3n) is 6.06. The number of rotatable bonds is 12. The molecule has 0 saturated carbocycles. The van der Waals surface area contributed by atoms with Crippen molar-refractivity contribution >= 4 is 50.7 Å². The maximum Gasteiger partial charge on any atom is 0.264 e. The van der Waals surface area contributed by atoms with E-state index in [-0.39, 0.29) is 33.6 Å². The van der Waals surface area contributed by atoms with Gasteiger partial charge in [-0.3, -0.25) is 13.9 Å². The second kappa shape index (κ2) is 13.8. The van der Waals surface area contributed by atoms with Crippen molar-refractivity contribution in [3.8, 4) is 0 Å². The van der Waals surface area contributed by atoms with Gasteiger partial charge in [-0.2, -0.15) is 0 Å². The molecule has 1 atom stereocenters. The quantitative estimate of drug-likeness (QED) is 0.293. The third kappa shape index (κ3) is 7.29. The van der Waals surface area contributed by atoms with Crippen molar-refractivity contribution in [3.63, 3.8) is 0 Å². The molecule has 3 aromatic rings. The average molecular weight is 595 g/mol. The lowest BCUT2D eigenvalue weighted by atomic mass is 10.1.